The van der Waals surface area contributed by atoms with Crippen molar-refractivity contribution in [3.05, 3.63) is 205 Å². The highest BCUT2D eigenvalue weighted by molar-refractivity contribution is 6.13. The molecule has 0 fully saturated rings. The molecule has 4 nitrogen and oxygen atoms in total. The van der Waals surface area contributed by atoms with Gasteiger partial charge in [0.05, 0.1) is 16.6 Å². The van der Waals surface area contributed by atoms with Gasteiger partial charge in [0, 0.05) is 38.4 Å². The number of hydrogen-bond acceptors (Lipinski definition) is 2. The Labute approximate surface area is 312 Å². The molecule has 254 valence electrons. The molecule has 0 aliphatic carbocycles. The van der Waals surface area contributed by atoms with Gasteiger partial charge in [0.2, 0.25) is 0 Å². The SMILES string of the molecule is c1ccc(-c2cccc(C3=[N+](c4ccc(-n5c6ccccc6c6cc(-c7cccc8c7oc7ccccc78)ccc65)cc4)C(c4ccccc4)N3)c2)cc1. The summed E-state index contributed by atoms with van der Waals surface area (Å²) in [6, 6.07) is 69.3. The van der Waals surface area contributed by atoms with Crippen molar-refractivity contribution >= 4 is 55.3 Å². The van der Waals surface area contributed by atoms with Crippen molar-refractivity contribution < 1.29 is 8.99 Å². The molecular weight excluding hydrogens is 659 g/mol. The molecule has 0 radical (unpaired) electrons. The average molecular weight is 693 g/mol. The number of nitrogens with one attached hydrogen (secondary N) is 1. The van der Waals surface area contributed by atoms with Crippen molar-refractivity contribution in [1.29, 1.82) is 0 Å². The molecule has 1 N–H and O–H groups in total. The van der Waals surface area contributed by atoms with Crippen LogP contribution in [0.1, 0.15) is 17.3 Å². The van der Waals surface area contributed by atoms with E-state index in [-0.39, 0.29) is 6.17 Å². The molecule has 0 amide bonds. The van der Waals surface area contributed by atoms with Gasteiger partial charge in [0.1, 0.15) is 16.9 Å². The molecule has 0 spiro atoms. The molecule has 1 unspecified atom stereocenters. The molecule has 54 heavy (non-hydrogen) atoms. The lowest BCUT2D eigenvalue weighted by molar-refractivity contribution is -0.531. The Kier molecular flexibility index (Phi) is 6.89. The van der Waals surface area contributed by atoms with Gasteiger partial charge in [-0.1, -0.05) is 133 Å². The molecule has 1 atom stereocenters. The maximum absolute atomic E-state index is 6.44. The van der Waals surface area contributed by atoms with Gasteiger partial charge in [-0.25, -0.2) is 5.32 Å². The van der Waals surface area contributed by atoms with E-state index in [1.54, 1.807) is 0 Å². The van der Waals surface area contributed by atoms with Gasteiger partial charge in [0.15, 0.2) is 0 Å². The number of nitrogens with zero attached hydrogens (tertiary/aromatic N) is 2. The molecule has 8 aromatic carbocycles. The molecule has 0 bridgehead atoms. The normalized spacial score (nSPS) is 14.2. The number of aromatic nitrogens is 1. The van der Waals surface area contributed by atoms with Gasteiger partial charge >= 0.3 is 0 Å². The topological polar surface area (TPSA) is 33.1 Å². The number of hydrogen-bond donors (Lipinski definition) is 1. The predicted octanol–water partition coefficient (Wildman–Crippen LogP) is 12.4. The van der Waals surface area contributed by atoms with E-state index in [1.807, 2.05) is 12.1 Å². The summed E-state index contributed by atoms with van der Waals surface area (Å²) in [5.74, 6) is 1.10. The highest BCUT2D eigenvalue weighted by Crippen LogP contribution is 2.40. The fourth-order valence-electron chi connectivity index (χ4n) is 8.33. The standard InChI is InChI=1S/C50H33N3O/c1-3-13-33(14-4-1)35-17-11-18-37(31-35)50-51-49(34-15-5-2-6-16-34)53(50)39-28-26-38(27-29-39)52-45-23-9-7-19-41(45)44-32-36(25-30-46(44)52)40-21-12-22-43-42-20-8-10-24-47(42)54-48(40)43/h1-32,49H/p+1. The van der Waals surface area contributed by atoms with Crippen molar-refractivity contribution in [2.75, 3.05) is 0 Å². The zero-order valence-corrected chi connectivity index (χ0v) is 29.4. The summed E-state index contributed by atoms with van der Waals surface area (Å²) in [4.78, 5) is 0. The summed E-state index contributed by atoms with van der Waals surface area (Å²) < 4.78 is 11.2. The zero-order valence-electron chi connectivity index (χ0n) is 29.4. The summed E-state index contributed by atoms with van der Waals surface area (Å²) in [6.07, 6.45) is 0.0234. The van der Waals surface area contributed by atoms with Gasteiger partial charge in [-0.2, -0.15) is 4.58 Å². The fraction of sp³-hybridized carbons (Fsp3) is 0.0200. The van der Waals surface area contributed by atoms with Crippen molar-refractivity contribution in [3.63, 3.8) is 0 Å². The van der Waals surface area contributed by atoms with Crippen LogP contribution in [0.5, 0.6) is 0 Å². The van der Waals surface area contributed by atoms with Gasteiger partial charge in [-0.15, -0.1) is 0 Å². The van der Waals surface area contributed by atoms with E-state index in [0.29, 0.717) is 0 Å². The Morgan fingerprint density at radius 2 is 1.13 bits per heavy atom. The Hall–Kier alpha value is -7.17. The van der Waals surface area contributed by atoms with E-state index in [9.17, 15) is 0 Å². The highest BCUT2D eigenvalue weighted by Gasteiger charge is 2.40. The van der Waals surface area contributed by atoms with Crippen LogP contribution in [0.15, 0.2) is 199 Å². The van der Waals surface area contributed by atoms with Crippen LogP contribution in [0, 0.1) is 0 Å². The van der Waals surface area contributed by atoms with Gasteiger partial charge in [-0.3, -0.25) is 0 Å². The first-order chi connectivity index (χ1) is 26.8. The van der Waals surface area contributed by atoms with E-state index >= 15 is 0 Å². The Balaban J connectivity index is 1.02. The third-order valence-electron chi connectivity index (χ3n) is 10.9. The molecule has 3 heterocycles. The first kappa shape index (κ1) is 30.5. The second kappa shape index (κ2) is 12.2. The summed E-state index contributed by atoms with van der Waals surface area (Å²) in [6.45, 7) is 0. The quantitative estimate of drug-likeness (QED) is 0.176. The van der Waals surface area contributed by atoms with E-state index < -0.39 is 0 Å². The Morgan fingerprint density at radius 1 is 0.463 bits per heavy atom. The molecule has 2 aromatic heterocycles. The largest absolute Gasteiger partial charge is 0.455 e. The summed E-state index contributed by atoms with van der Waals surface area (Å²) in [7, 11) is 0. The van der Waals surface area contributed by atoms with E-state index in [1.165, 1.54) is 38.5 Å². The van der Waals surface area contributed by atoms with Crippen LogP contribution in [0.25, 0.3) is 71.7 Å². The monoisotopic (exact) mass is 692 g/mol. The summed E-state index contributed by atoms with van der Waals surface area (Å²) in [5, 5.41) is 8.52. The molecule has 1 aliphatic rings. The van der Waals surface area contributed by atoms with Gasteiger partial charge in [0.25, 0.3) is 12.0 Å². The minimum atomic E-state index is 0.0234. The lowest BCUT2D eigenvalue weighted by Gasteiger charge is -2.29. The first-order valence-electron chi connectivity index (χ1n) is 18.5. The second-order valence-electron chi connectivity index (χ2n) is 14.0. The summed E-state index contributed by atoms with van der Waals surface area (Å²) in [5.41, 5.74) is 13.5. The van der Waals surface area contributed by atoms with Crippen LogP contribution < -0.4 is 5.32 Å². The maximum atomic E-state index is 6.44. The third-order valence-corrected chi connectivity index (χ3v) is 10.9. The van der Waals surface area contributed by atoms with Crippen molar-refractivity contribution in [3.8, 4) is 27.9 Å². The molecular formula is C50H34N3O+. The molecule has 0 saturated carbocycles. The molecule has 1 aliphatic heterocycles. The van der Waals surface area contributed by atoms with Crippen LogP contribution in [0.3, 0.4) is 0 Å². The van der Waals surface area contributed by atoms with E-state index in [4.69, 9.17) is 4.42 Å². The minimum absolute atomic E-state index is 0.0234. The van der Waals surface area contributed by atoms with E-state index in [2.05, 4.69) is 196 Å². The first-order valence-corrected chi connectivity index (χ1v) is 18.5. The van der Waals surface area contributed by atoms with Crippen LogP contribution in [-0.2, 0) is 0 Å². The van der Waals surface area contributed by atoms with Crippen LogP contribution >= 0.6 is 0 Å². The number of benzene rings is 8. The van der Waals surface area contributed by atoms with Crippen molar-refractivity contribution in [1.82, 2.24) is 9.88 Å². The number of furan rings is 1. The van der Waals surface area contributed by atoms with Crippen LogP contribution in [0.4, 0.5) is 5.69 Å². The summed E-state index contributed by atoms with van der Waals surface area (Å²) >= 11 is 0. The fourth-order valence-corrected chi connectivity index (χ4v) is 8.33. The predicted molar refractivity (Wildman–Crippen MR) is 222 cm³/mol. The molecule has 4 heteroatoms. The minimum Gasteiger partial charge on any atom is -0.455 e. The van der Waals surface area contributed by atoms with Crippen molar-refractivity contribution in [2.45, 2.75) is 6.17 Å². The number of para-hydroxylation sites is 3. The number of fused-ring (bicyclic) bond motifs is 6. The molecule has 10 aromatic rings. The molecule has 0 saturated heterocycles. The smallest absolute Gasteiger partial charge is 0.289 e. The number of rotatable bonds is 6. The third kappa shape index (κ3) is 4.81. The Morgan fingerprint density at radius 3 is 1.98 bits per heavy atom. The molecule has 11 rings (SSSR count). The lowest BCUT2D eigenvalue weighted by Crippen LogP contribution is -2.51. The van der Waals surface area contributed by atoms with Crippen LogP contribution in [-0.4, -0.2) is 15.0 Å². The van der Waals surface area contributed by atoms with Gasteiger partial charge in [-0.05, 0) is 77.4 Å². The zero-order chi connectivity index (χ0) is 35.6. The Bertz CT molecular complexity index is 3060. The van der Waals surface area contributed by atoms with Gasteiger partial charge < -0.3 is 8.98 Å². The highest BCUT2D eigenvalue weighted by atomic mass is 16.3. The maximum Gasteiger partial charge on any atom is 0.289 e. The van der Waals surface area contributed by atoms with Crippen LogP contribution in [0.2, 0.25) is 0 Å². The number of amidine groups is 1. The second-order valence-corrected chi connectivity index (χ2v) is 14.0. The van der Waals surface area contributed by atoms with Crippen molar-refractivity contribution in [2.24, 2.45) is 0 Å². The lowest BCUT2D eigenvalue weighted by atomic mass is 10.00. The average Bonchev–Trinajstić information content (AvgIpc) is 3.77. The van der Waals surface area contributed by atoms with E-state index in [0.717, 1.165) is 55.8 Å².